The van der Waals surface area contributed by atoms with E-state index in [0.717, 1.165) is 4.57 Å². The molecule has 0 radical (unpaired) electrons. The number of fused-ring (bicyclic) bond motifs is 1. The minimum absolute atomic E-state index is 0.0114. The number of halogens is 1. The van der Waals surface area contributed by atoms with Gasteiger partial charge in [-0.2, -0.15) is 0 Å². The van der Waals surface area contributed by atoms with Gasteiger partial charge in [0.05, 0.1) is 11.9 Å². The summed E-state index contributed by atoms with van der Waals surface area (Å²) in [5.74, 6) is -0.404. The molecule has 0 aliphatic rings. The molecule has 0 aliphatic carbocycles. The lowest BCUT2D eigenvalue weighted by Gasteiger charge is -2.14. The highest BCUT2D eigenvalue weighted by molar-refractivity contribution is 6.31. The van der Waals surface area contributed by atoms with E-state index in [9.17, 15) is 14.4 Å². The van der Waals surface area contributed by atoms with Gasteiger partial charge in [-0.1, -0.05) is 48.0 Å². The standard InChI is InChI=1S/C22H17ClN4O3/c23-18-11-5-4-7-15(18)13-27-21(29)17-10-6-12-24-20(17)26(22(27)30)14-19(28)25-16-8-2-1-3-9-16/h1-12H,13-14H2,(H,25,28). The van der Waals surface area contributed by atoms with Gasteiger partial charge >= 0.3 is 5.69 Å². The normalized spacial score (nSPS) is 10.8. The van der Waals surface area contributed by atoms with E-state index in [1.54, 1.807) is 60.7 Å². The van der Waals surface area contributed by atoms with Crippen molar-refractivity contribution in [3.63, 3.8) is 0 Å². The molecule has 7 nitrogen and oxygen atoms in total. The lowest BCUT2D eigenvalue weighted by Crippen LogP contribution is -2.42. The van der Waals surface area contributed by atoms with Crippen LogP contribution in [0.1, 0.15) is 5.56 Å². The molecule has 4 aromatic rings. The number of carbonyl (C=O) groups is 1. The molecule has 2 aromatic heterocycles. The minimum Gasteiger partial charge on any atom is -0.325 e. The number of rotatable bonds is 5. The molecule has 4 rings (SSSR count). The van der Waals surface area contributed by atoms with Crippen molar-refractivity contribution in [2.75, 3.05) is 5.32 Å². The monoisotopic (exact) mass is 420 g/mol. The summed E-state index contributed by atoms with van der Waals surface area (Å²) >= 11 is 6.21. The first-order valence-electron chi connectivity index (χ1n) is 9.21. The van der Waals surface area contributed by atoms with Crippen molar-refractivity contribution in [1.29, 1.82) is 0 Å². The van der Waals surface area contributed by atoms with Crippen LogP contribution in [0.15, 0.2) is 82.5 Å². The van der Waals surface area contributed by atoms with Crippen LogP contribution < -0.4 is 16.6 Å². The average Bonchev–Trinajstić information content (AvgIpc) is 2.76. The molecule has 2 aromatic carbocycles. The maximum absolute atomic E-state index is 13.2. The molecule has 8 heteroatoms. The summed E-state index contributed by atoms with van der Waals surface area (Å²) in [5, 5.41) is 3.43. The maximum Gasteiger partial charge on any atom is 0.333 e. The minimum atomic E-state index is -0.630. The van der Waals surface area contributed by atoms with E-state index in [-0.39, 0.29) is 24.1 Å². The zero-order valence-corrected chi connectivity index (χ0v) is 16.5. The first-order valence-corrected chi connectivity index (χ1v) is 9.59. The van der Waals surface area contributed by atoms with Crippen LogP contribution in [0.3, 0.4) is 0 Å². The largest absolute Gasteiger partial charge is 0.333 e. The third-order valence-corrected chi connectivity index (χ3v) is 4.99. The summed E-state index contributed by atoms with van der Waals surface area (Å²) in [7, 11) is 0. The summed E-state index contributed by atoms with van der Waals surface area (Å²) in [6, 6.07) is 19.1. The molecule has 30 heavy (non-hydrogen) atoms. The van der Waals surface area contributed by atoms with Gasteiger partial charge in [-0.15, -0.1) is 0 Å². The first kappa shape index (κ1) is 19.6. The summed E-state index contributed by atoms with van der Waals surface area (Å²) in [6.07, 6.45) is 1.48. The molecule has 0 aliphatic heterocycles. The SMILES string of the molecule is O=C(Cn1c(=O)n(Cc2ccccc2Cl)c(=O)c2cccnc21)Nc1ccccc1. The molecule has 0 unspecified atom stereocenters. The van der Waals surface area contributed by atoms with E-state index in [4.69, 9.17) is 11.6 Å². The molecule has 0 bridgehead atoms. The van der Waals surface area contributed by atoms with Crippen molar-refractivity contribution in [2.45, 2.75) is 13.1 Å². The van der Waals surface area contributed by atoms with Gasteiger partial charge in [0, 0.05) is 16.9 Å². The van der Waals surface area contributed by atoms with Gasteiger partial charge in [0.25, 0.3) is 5.56 Å². The predicted molar refractivity (Wildman–Crippen MR) is 116 cm³/mol. The number of hydrogen-bond donors (Lipinski definition) is 1. The van der Waals surface area contributed by atoms with Crippen LogP contribution in [0.25, 0.3) is 11.0 Å². The van der Waals surface area contributed by atoms with E-state index in [2.05, 4.69) is 10.3 Å². The second kappa shape index (κ2) is 8.34. The van der Waals surface area contributed by atoms with Gasteiger partial charge in [-0.05, 0) is 35.9 Å². The summed E-state index contributed by atoms with van der Waals surface area (Å²) in [5.41, 5.74) is 0.280. The van der Waals surface area contributed by atoms with Gasteiger partial charge < -0.3 is 5.32 Å². The topological polar surface area (TPSA) is 86.0 Å². The van der Waals surface area contributed by atoms with Crippen LogP contribution in [0, 0.1) is 0 Å². The fourth-order valence-electron chi connectivity index (χ4n) is 3.19. The number of hydrogen-bond acceptors (Lipinski definition) is 4. The van der Waals surface area contributed by atoms with Gasteiger partial charge in [0.1, 0.15) is 12.2 Å². The molecular weight excluding hydrogens is 404 g/mol. The molecule has 150 valence electrons. The number of nitrogens with one attached hydrogen (secondary N) is 1. The highest BCUT2D eigenvalue weighted by Crippen LogP contribution is 2.15. The third kappa shape index (κ3) is 3.88. The molecule has 0 saturated carbocycles. The van der Waals surface area contributed by atoms with Crippen LogP contribution >= 0.6 is 11.6 Å². The van der Waals surface area contributed by atoms with E-state index < -0.39 is 17.2 Å². The second-order valence-corrected chi connectivity index (χ2v) is 7.05. The second-order valence-electron chi connectivity index (χ2n) is 6.64. The number of nitrogens with zero attached hydrogens (tertiary/aromatic N) is 3. The van der Waals surface area contributed by atoms with Crippen molar-refractivity contribution < 1.29 is 4.79 Å². The fourth-order valence-corrected chi connectivity index (χ4v) is 3.39. The Kier molecular flexibility index (Phi) is 5.45. The van der Waals surface area contributed by atoms with Gasteiger partial charge in [0.2, 0.25) is 5.91 Å². The van der Waals surface area contributed by atoms with E-state index >= 15 is 0 Å². The summed E-state index contributed by atoms with van der Waals surface area (Å²) in [4.78, 5) is 42.9. The van der Waals surface area contributed by atoms with Crippen molar-refractivity contribution >= 4 is 34.2 Å². The van der Waals surface area contributed by atoms with Crippen molar-refractivity contribution in [3.8, 4) is 0 Å². The molecule has 2 heterocycles. The molecule has 0 spiro atoms. The average molecular weight is 421 g/mol. The van der Waals surface area contributed by atoms with Crippen LogP contribution in [-0.4, -0.2) is 20.0 Å². The number of anilines is 1. The molecular formula is C22H17ClN4O3. The lowest BCUT2D eigenvalue weighted by atomic mass is 10.2. The van der Waals surface area contributed by atoms with Crippen molar-refractivity contribution in [2.24, 2.45) is 0 Å². The Morgan fingerprint density at radius 3 is 2.43 bits per heavy atom. The zero-order valence-electron chi connectivity index (χ0n) is 15.8. The number of para-hydroxylation sites is 1. The molecule has 1 amide bonds. The number of carbonyl (C=O) groups excluding carboxylic acids is 1. The highest BCUT2D eigenvalue weighted by atomic mass is 35.5. The Bertz CT molecular complexity index is 1350. The first-order chi connectivity index (χ1) is 14.5. The van der Waals surface area contributed by atoms with Gasteiger partial charge in [0.15, 0.2) is 0 Å². The molecule has 0 saturated heterocycles. The van der Waals surface area contributed by atoms with Gasteiger partial charge in [-0.3, -0.25) is 18.7 Å². The predicted octanol–water partition coefficient (Wildman–Crippen LogP) is 2.90. The quantitative estimate of drug-likeness (QED) is 0.538. The van der Waals surface area contributed by atoms with Crippen molar-refractivity contribution in [3.05, 3.63) is 104 Å². The van der Waals surface area contributed by atoms with E-state index in [0.29, 0.717) is 16.3 Å². The Labute approximate surface area is 176 Å². The smallest absolute Gasteiger partial charge is 0.325 e. The van der Waals surface area contributed by atoms with Crippen LogP contribution in [0.4, 0.5) is 5.69 Å². The highest BCUT2D eigenvalue weighted by Gasteiger charge is 2.17. The third-order valence-electron chi connectivity index (χ3n) is 4.63. The Morgan fingerprint density at radius 1 is 0.933 bits per heavy atom. The Balaban J connectivity index is 1.79. The zero-order chi connectivity index (χ0) is 21.1. The molecule has 1 N–H and O–H groups in total. The van der Waals surface area contributed by atoms with Gasteiger partial charge in [-0.25, -0.2) is 9.78 Å². The maximum atomic E-state index is 13.2. The number of benzene rings is 2. The van der Waals surface area contributed by atoms with Crippen LogP contribution in [0.5, 0.6) is 0 Å². The molecule has 0 atom stereocenters. The van der Waals surface area contributed by atoms with E-state index in [1.807, 2.05) is 6.07 Å². The molecule has 0 fully saturated rings. The van der Waals surface area contributed by atoms with Crippen molar-refractivity contribution in [1.82, 2.24) is 14.1 Å². The number of amides is 1. The fraction of sp³-hybridized carbons (Fsp3) is 0.0909. The Morgan fingerprint density at radius 2 is 1.67 bits per heavy atom. The van der Waals surface area contributed by atoms with Crippen LogP contribution in [-0.2, 0) is 17.9 Å². The van der Waals surface area contributed by atoms with E-state index in [1.165, 1.54) is 10.8 Å². The summed E-state index contributed by atoms with van der Waals surface area (Å²) < 4.78 is 2.27. The van der Waals surface area contributed by atoms with Crippen LogP contribution in [0.2, 0.25) is 5.02 Å². The Hall–Kier alpha value is -3.71. The lowest BCUT2D eigenvalue weighted by molar-refractivity contribution is -0.116. The number of pyridine rings is 1. The summed E-state index contributed by atoms with van der Waals surface area (Å²) in [6.45, 7) is -0.299. The number of aromatic nitrogens is 3.